The van der Waals surface area contributed by atoms with Crippen molar-refractivity contribution in [1.29, 1.82) is 0 Å². The molecule has 0 unspecified atom stereocenters. The van der Waals surface area contributed by atoms with Gasteiger partial charge in [0.25, 0.3) is 11.1 Å². The number of amides is 3. The minimum absolute atomic E-state index is 0.0485. The Morgan fingerprint density at radius 1 is 1.16 bits per heavy atom. The number of nitrogens with zero attached hydrogens (tertiary/aromatic N) is 1. The van der Waals surface area contributed by atoms with Crippen molar-refractivity contribution in [3.05, 3.63) is 70.8 Å². The van der Waals surface area contributed by atoms with Crippen LogP contribution in [0.15, 0.2) is 59.6 Å². The van der Waals surface area contributed by atoms with Crippen molar-refractivity contribution in [2.24, 2.45) is 0 Å². The van der Waals surface area contributed by atoms with Gasteiger partial charge in [0.1, 0.15) is 5.75 Å². The maximum absolute atomic E-state index is 12.7. The van der Waals surface area contributed by atoms with Crippen LogP contribution in [-0.4, -0.2) is 47.1 Å². The Hall–Kier alpha value is -3.52. The van der Waals surface area contributed by atoms with Gasteiger partial charge >= 0.3 is 0 Å². The van der Waals surface area contributed by atoms with Crippen molar-refractivity contribution in [3.8, 4) is 5.75 Å². The fourth-order valence-corrected chi connectivity index (χ4v) is 4.45. The fraction of sp³-hybridized carbons (Fsp3) is 0.208. The lowest BCUT2D eigenvalue weighted by molar-refractivity contribution is -0.124. The Labute approximate surface area is 189 Å². The number of nitrogens with one attached hydrogen (secondary N) is 2. The molecule has 32 heavy (non-hydrogen) atoms. The number of hydrogen-bond acceptors (Lipinski definition) is 5. The van der Waals surface area contributed by atoms with Crippen molar-refractivity contribution in [3.63, 3.8) is 0 Å². The number of rotatable bonds is 8. The summed E-state index contributed by atoms with van der Waals surface area (Å²) in [6.45, 7) is 0.531. The highest BCUT2D eigenvalue weighted by Crippen LogP contribution is 2.33. The second kappa shape index (κ2) is 9.74. The molecule has 1 aliphatic rings. The Morgan fingerprint density at radius 2 is 1.94 bits per heavy atom. The van der Waals surface area contributed by atoms with E-state index in [0.717, 1.165) is 38.7 Å². The molecule has 0 radical (unpaired) electrons. The quantitative estimate of drug-likeness (QED) is 0.508. The van der Waals surface area contributed by atoms with E-state index >= 15 is 0 Å². The van der Waals surface area contributed by atoms with Gasteiger partial charge in [-0.1, -0.05) is 36.4 Å². The van der Waals surface area contributed by atoms with Gasteiger partial charge in [-0.05, 0) is 42.0 Å². The summed E-state index contributed by atoms with van der Waals surface area (Å²) in [5, 5.41) is 3.63. The topological polar surface area (TPSA) is 91.5 Å². The van der Waals surface area contributed by atoms with Gasteiger partial charge in [-0.2, -0.15) is 0 Å². The van der Waals surface area contributed by atoms with Gasteiger partial charge in [0, 0.05) is 42.2 Å². The summed E-state index contributed by atoms with van der Waals surface area (Å²) in [6.07, 6.45) is 4.35. The van der Waals surface area contributed by atoms with Crippen LogP contribution >= 0.6 is 11.8 Å². The minimum atomic E-state index is -0.391. The molecule has 0 spiro atoms. The van der Waals surface area contributed by atoms with E-state index in [2.05, 4.69) is 10.3 Å². The van der Waals surface area contributed by atoms with E-state index in [9.17, 15) is 14.4 Å². The van der Waals surface area contributed by atoms with E-state index < -0.39 is 5.91 Å². The molecule has 2 aromatic carbocycles. The van der Waals surface area contributed by atoms with Crippen molar-refractivity contribution in [2.45, 2.75) is 12.8 Å². The molecule has 0 bridgehead atoms. The maximum Gasteiger partial charge on any atom is 0.293 e. The molecule has 1 fully saturated rings. The highest BCUT2D eigenvalue weighted by molar-refractivity contribution is 8.18. The van der Waals surface area contributed by atoms with Gasteiger partial charge in [-0.3, -0.25) is 19.3 Å². The van der Waals surface area contributed by atoms with Crippen LogP contribution in [0.5, 0.6) is 5.75 Å². The highest BCUT2D eigenvalue weighted by atomic mass is 32.2. The van der Waals surface area contributed by atoms with Crippen LogP contribution in [0.2, 0.25) is 0 Å². The summed E-state index contributed by atoms with van der Waals surface area (Å²) >= 11 is 0.873. The van der Waals surface area contributed by atoms with E-state index in [4.69, 9.17) is 4.74 Å². The summed E-state index contributed by atoms with van der Waals surface area (Å²) in [5.41, 5.74) is 2.92. The fourth-order valence-electron chi connectivity index (χ4n) is 3.60. The summed E-state index contributed by atoms with van der Waals surface area (Å²) in [4.78, 5) is 41.9. The van der Waals surface area contributed by atoms with Crippen molar-refractivity contribution < 1.29 is 19.1 Å². The number of H-pyrrole nitrogens is 1. The molecule has 1 aliphatic heterocycles. The van der Waals surface area contributed by atoms with Crippen molar-refractivity contribution >= 4 is 45.8 Å². The first-order valence-electron chi connectivity index (χ1n) is 10.3. The summed E-state index contributed by atoms with van der Waals surface area (Å²) < 4.78 is 5.29. The minimum Gasteiger partial charge on any atom is -0.496 e. The largest absolute Gasteiger partial charge is 0.496 e. The first-order chi connectivity index (χ1) is 15.6. The lowest BCUT2D eigenvalue weighted by atomic mass is 10.1. The molecule has 8 heteroatoms. The van der Waals surface area contributed by atoms with Crippen LogP contribution < -0.4 is 10.1 Å². The number of benzene rings is 2. The van der Waals surface area contributed by atoms with Crippen LogP contribution in [0.4, 0.5) is 4.79 Å². The third kappa shape index (κ3) is 4.70. The van der Waals surface area contributed by atoms with Gasteiger partial charge in [0.2, 0.25) is 5.91 Å². The normalized spacial score (nSPS) is 15.0. The number of aromatic nitrogens is 1. The molecule has 164 valence electrons. The SMILES string of the molecule is COc1ccccc1/C=C1\SC(=O)N(CCC(=O)NCCc2c[nH]c3ccccc23)C1=O. The number of ether oxygens (including phenoxy) is 1. The lowest BCUT2D eigenvalue weighted by Gasteiger charge is -2.12. The number of thioether (sulfide) groups is 1. The summed E-state index contributed by atoms with van der Waals surface area (Å²) in [7, 11) is 1.55. The number of para-hydroxylation sites is 2. The molecule has 0 saturated carbocycles. The summed E-state index contributed by atoms with van der Waals surface area (Å²) in [5.74, 6) is 0.0315. The number of imide groups is 1. The number of fused-ring (bicyclic) bond motifs is 1. The first-order valence-corrected chi connectivity index (χ1v) is 11.1. The maximum atomic E-state index is 12.7. The molecule has 1 saturated heterocycles. The van der Waals surface area contributed by atoms with Gasteiger partial charge in [-0.15, -0.1) is 0 Å². The molecule has 0 atom stereocenters. The van der Waals surface area contributed by atoms with Gasteiger partial charge in [-0.25, -0.2) is 0 Å². The third-order valence-corrected chi connectivity index (χ3v) is 6.16. The second-order valence-electron chi connectivity index (χ2n) is 7.28. The molecular formula is C24H23N3O4S. The van der Waals surface area contributed by atoms with Gasteiger partial charge in [0.05, 0.1) is 12.0 Å². The highest BCUT2D eigenvalue weighted by Gasteiger charge is 2.35. The average molecular weight is 450 g/mol. The zero-order chi connectivity index (χ0) is 22.5. The van der Waals surface area contributed by atoms with Gasteiger partial charge in [0.15, 0.2) is 0 Å². The van der Waals surface area contributed by atoms with Crippen LogP contribution in [-0.2, 0) is 16.0 Å². The first kappa shape index (κ1) is 21.7. The molecule has 1 aromatic heterocycles. The molecule has 3 amide bonds. The molecule has 2 heterocycles. The lowest BCUT2D eigenvalue weighted by Crippen LogP contribution is -2.34. The standard InChI is InChI=1S/C24H23N3O4S/c1-31-20-9-5-2-6-16(20)14-21-23(29)27(24(30)32-21)13-11-22(28)25-12-10-17-15-26-19-8-4-3-7-18(17)19/h2-9,14-15,26H,10-13H2,1H3,(H,25,28)/b21-14-. The summed E-state index contributed by atoms with van der Waals surface area (Å²) in [6, 6.07) is 15.3. The number of hydrogen-bond donors (Lipinski definition) is 2. The molecule has 7 nitrogen and oxygen atoms in total. The van der Waals surface area contributed by atoms with Crippen LogP contribution in [0.25, 0.3) is 17.0 Å². The number of methoxy groups -OCH3 is 1. The molecule has 0 aliphatic carbocycles. The zero-order valence-electron chi connectivity index (χ0n) is 17.6. The van der Waals surface area contributed by atoms with Crippen molar-refractivity contribution in [2.75, 3.05) is 20.2 Å². The van der Waals surface area contributed by atoms with Crippen LogP contribution in [0, 0.1) is 0 Å². The Balaban J connectivity index is 1.29. The predicted molar refractivity (Wildman–Crippen MR) is 125 cm³/mol. The van der Waals surface area contributed by atoms with E-state index in [-0.39, 0.29) is 24.1 Å². The van der Waals surface area contributed by atoms with Gasteiger partial charge < -0.3 is 15.0 Å². The van der Waals surface area contributed by atoms with E-state index in [0.29, 0.717) is 23.6 Å². The number of carbonyl (C=O) groups is 3. The molecule has 3 aromatic rings. The Kier molecular flexibility index (Phi) is 6.61. The number of carbonyl (C=O) groups excluding carboxylic acids is 3. The van der Waals surface area contributed by atoms with E-state index in [1.807, 2.05) is 48.7 Å². The molecular weight excluding hydrogens is 426 g/mol. The van der Waals surface area contributed by atoms with Crippen LogP contribution in [0.1, 0.15) is 17.5 Å². The third-order valence-electron chi connectivity index (χ3n) is 5.25. The Bertz CT molecular complexity index is 1200. The predicted octanol–water partition coefficient (Wildman–Crippen LogP) is 3.96. The molecule has 4 rings (SSSR count). The van der Waals surface area contributed by atoms with Crippen LogP contribution in [0.3, 0.4) is 0 Å². The monoisotopic (exact) mass is 449 g/mol. The zero-order valence-corrected chi connectivity index (χ0v) is 18.4. The smallest absolute Gasteiger partial charge is 0.293 e. The average Bonchev–Trinajstić information content (AvgIpc) is 3.33. The Morgan fingerprint density at radius 3 is 2.78 bits per heavy atom. The van der Waals surface area contributed by atoms with E-state index in [1.165, 1.54) is 0 Å². The van der Waals surface area contributed by atoms with Crippen molar-refractivity contribution in [1.82, 2.24) is 15.2 Å². The number of aromatic amines is 1. The second-order valence-corrected chi connectivity index (χ2v) is 8.28. The van der Waals surface area contributed by atoms with E-state index in [1.54, 1.807) is 19.3 Å². The molecule has 2 N–H and O–H groups in total.